The molecule has 1 heterocycles. The third-order valence-corrected chi connectivity index (χ3v) is 3.67. The molecule has 1 aliphatic rings. The zero-order valence-electron chi connectivity index (χ0n) is 13.2. The van der Waals surface area contributed by atoms with Crippen molar-refractivity contribution in [3.63, 3.8) is 0 Å². The Labute approximate surface area is 127 Å². The zero-order valence-corrected chi connectivity index (χ0v) is 13.2. The summed E-state index contributed by atoms with van der Waals surface area (Å²) in [4.78, 5) is 14.2. The summed E-state index contributed by atoms with van der Waals surface area (Å²) in [7, 11) is 0. The van der Waals surface area contributed by atoms with E-state index in [9.17, 15) is 9.90 Å². The van der Waals surface area contributed by atoms with Crippen LogP contribution in [0.4, 0.5) is 11.4 Å². The van der Waals surface area contributed by atoms with Crippen molar-refractivity contribution >= 4 is 17.3 Å². The molecule has 4 heteroatoms. The van der Waals surface area contributed by atoms with Gasteiger partial charge in [0.1, 0.15) is 0 Å². The number of aliphatic hydroxyl groups excluding tert-OH is 1. The van der Waals surface area contributed by atoms with Crippen LogP contribution in [0.5, 0.6) is 0 Å². The highest BCUT2D eigenvalue weighted by Gasteiger charge is 2.18. The maximum atomic E-state index is 11.9. The number of benzene rings is 1. The van der Waals surface area contributed by atoms with Gasteiger partial charge in [-0.05, 0) is 42.5 Å². The van der Waals surface area contributed by atoms with Gasteiger partial charge in [0.05, 0.1) is 6.10 Å². The number of carbonyl (C=O) groups is 1. The Morgan fingerprint density at radius 3 is 2.33 bits per heavy atom. The summed E-state index contributed by atoms with van der Waals surface area (Å²) in [5.74, 6) is 0.0522. The van der Waals surface area contributed by atoms with Gasteiger partial charge in [-0.15, -0.1) is 0 Å². The third-order valence-electron chi connectivity index (χ3n) is 3.67. The van der Waals surface area contributed by atoms with Crippen LogP contribution in [0, 0.1) is 5.41 Å². The molecular formula is C17H26N2O2. The fourth-order valence-corrected chi connectivity index (χ4v) is 2.57. The number of amides is 1. The van der Waals surface area contributed by atoms with Crippen molar-refractivity contribution in [2.45, 2.75) is 46.1 Å². The zero-order chi connectivity index (χ0) is 15.5. The van der Waals surface area contributed by atoms with Crippen LogP contribution in [0.2, 0.25) is 0 Å². The van der Waals surface area contributed by atoms with E-state index >= 15 is 0 Å². The SMILES string of the molecule is CC(C)(C)CC(=O)Nc1ccc(N2CCC(O)CC2)cc1. The fourth-order valence-electron chi connectivity index (χ4n) is 2.57. The largest absolute Gasteiger partial charge is 0.393 e. The Bertz CT molecular complexity index is 469. The van der Waals surface area contributed by atoms with Gasteiger partial charge < -0.3 is 15.3 Å². The second-order valence-corrected chi connectivity index (χ2v) is 7.05. The molecule has 0 aliphatic carbocycles. The minimum Gasteiger partial charge on any atom is -0.393 e. The number of carbonyl (C=O) groups excluding carboxylic acids is 1. The molecule has 0 bridgehead atoms. The molecule has 0 radical (unpaired) electrons. The summed E-state index contributed by atoms with van der Waals surface area (Å²) in [6.07, 6.45) is 2.00. The summed E-state index contributed by atoms with van der Waals surface area (Å²) in [6, 6.07) is 7.96. The number of piperidine rings is 1. The second kappa shape index (κ2) is 6.48. The van der Waals surface area contributed by atoms with E-state index in [0.717, 1.165) is 37.3 Å². The van der Waals surface area contributed by atoms with Crippen LogP contribution < -0.4 is 10.2 Å². The lowest BCUT2D eigenvalue weighted by Crippen LogP contribution is -2.35. The lowest BCUT2D eigenvalue weighted by Gasteiger charge is -2.31. The summed E-state index contributed by atoms with van der Waals surface area (Å²) in [5.41, 5.74) is 1.99. The first-order valence-corrected chi connectivity index (χ1v) is 7.66. The lowest BCUT2D eigenvalue weighted by molar-refractivity contribution is -0.117. The quantitative estimate of drug-likeness (QED) is 0.899. The van der Waals surface area contributed by atoms with Crippen LogP contribution in [-0.2, 0) is 4.79 Å². The first-order chi connectivity index (χ1) is 9.83. The Kier molecular flexibility index (Phi) is 4.88. The molecular weight excluding hydrogens is 264 g/mol. The fraction of sp³-hybridized carbons (Fsp3) is 0.588. The molecule has 1 saturated heterocycles. The summed E-state index contributed by atoms with van der Waals surface area (Å²) in [5, 5.41) is 12.5. The van der Waals surface area contributed by atoms with Crippen LogP contribution in [0.25, 0.3) is 0 Å². The molecule has 0 spiro atoms. The molecule has 0 saturated carbocycles. The molecule has 1 aromatic rings. The average Bonchev–Trinajstić information content (AvgIpc) is 2.38. The minimum absolute atomic E-state index is 0.00133. The number of hydrogen-bond acceptors (Lipinski definition) is 3. The highest BCUT2D eigenvalue weighted by atomic mass is 16.3. The summed E-state index contributed by atoms with van der Waals surface area (Å²) in [6.45, 7) is 7.94. The first-order valence-electron chi connectivity index (χ1n) is 7.66. The van der Waals surface area contributed by atoms with E-state index in [1.807, 2.05) is 24.3 Å². The van der Waals surface area contributed by atoms with E-state index in [-0.39, 0.29) is 17.4 Å². The van der Waals surface area contributed by atoms with E-state index in [1.165, 1.54) is 0 Å². The van der Waals surface area contributed by atoms with Crippen LogP contribution in [0.3, 0.4) is 0 Å². The molecule has 1 amide bonds. The van der Waals surface area contributed by atoms with Gasteiger partial charge in [0.25, 0.3) is 0 Å². The topological polar surface area (TPSA) is 52.6 Å². The van der Waals surface area contributed by atoms with Gasteiger partial charge >= 0.3 is 0 Å². The van der Waals surface area contributed by atoms with Crippen LogP contribution in [-0.4, -0.2) is 30.2 Å². The number of aliphatic hydroxyl groups is 1. The molecule has 0 atom stereocenters. The Morgan fingerprint density at radius 2 is 1.81 bits per heavy atom. The molecule has 2 rings (SSSR count). The van der Waals surface area contributed by atoms with Gasteiger partial charge in [-0.2, -0.15) is 0 Å². The maximum absolute atomic E-state index is 11.9. The molecule has 116 valence electrons. The van der Waals surface area contributed by atoms with E-state index in [0.29, 0.717) is 6.42 Å². The second-order valence-electron chi connectivity index (χ2n) is 7.05. The van der Waals surface area contributed by atoms with Crippen molar-refractivity contribution in [3.05, 3.63) is 24.3 Å². The van der Waals surface area contributed by atoms with E-state index in [4.69, 9.17) is 0 Å². The molecule has 0 aromatic heterocycles. The van der Waals surface area contributed by atoms with E-state index in [1.54, 1.807) is 0 Å². The molecule has 1 aromatic carbocycles. The van der Waals surface area contributed by atoms with Gasteiger partial charge in [-0.1, -0.05) is 20.8 Å². The molecule has 21 heavy (non-hydrogen) atoms. The highest BCUT2D eigenvalue weighted by molar-refractivity contribution is 5.91. The number of nitrogens with zero attached hydrogens (tertiary/aromatic N) is 1. The average molecular weight is 290 g/mol. The van der Waals surface area contributed by atoms with Crippen molar-refractivity contribution in [1.82, 2.24) is 0 Å². The van der Waals surface area contributed by atoms with Crippen LogP contribution in [0.15, 0.2) is 24.3 Å². The summed E-state index contributed by atoms with van der Waals surface area (Å²) >= 11 is 0. The molecule has 4 nitrogen and oxygen atoms in total. The molecule has 2 N–H and O–H groups in total. The monoisotopic (exact) mass is 290 g/mol. The van der Waals surface area contributed by atoms with Gasteiger partial charge in [0, 0.05) is 30.9 Å². The van der Waals surface area contributed by atoms with Crippen LogP contribution in [0.1, 0.15) is 40.0 Å². The number of hydrogen-bond donors (Lipinski definition) is 2. The number of nitrogens with one attached hydrogen (secondary N) is 1. The standard InChI is InChI=1S/C17H26N2O2/c1-17(2,3)12-16(21)18-13-4-6-14(7-5-13)19-10-8-15(20)9-11-19/h4-7,15,20H,8-12H2,1-3H3,(H,18,21). The smallest absolute Gasteiger partial charge is 0.224 e. The van der Waals surface area contributed by atoms with Crippen LogP contribution >= 0.6 is 0 Å². The Hall–Kier alpha value is -1.55. The highest BCUT2D eigenvalue weighted by Crippen LogP contribution is 2.23. The van der Waals surface area contributed by atoms with Crippen molar-refractivity contribution in [2.75, 3.05) is 23.3 Å². The minimum atomic E-state index is -0.155. The Morgan fingerprint density at radius 1 is 1.24 bits per heavy atom. The van der Waals surface area contributed by atoms with Crippen molar-refractivity contribution in [3.8, 4) is 0 Å². The van der Waals surface area contributed by atoms with Crippen molar-refractivity contribution < 1.29 is 9.90 Å². The summed E-state index contributed by atoms with van der Waals surface area (Å²) < 4.78 is 0. The maximum Gasteiger partial charge on any atom is 0.224 e. The third kappa shape index (κ3) is 5.05. The molecule has 0 unspecified atom stereocenters. The van der Waals surface area contributed by atoms with Gasteiger partial charge in [0.2, 0.25) is 5.91 Å². The van der Waals surface area contributed by atoms with Crippen molar-refractivity contribution in [1.29, 1.82) is 0 Å². The predicted octanol–water partition coefficient (Wildman–Crippen LogP) is 3.02. The number of rotatable bonds is 3. The lowest BCUT2D eigenvalue weighted by atomic mass is 9.92. The number of anilines is 2. The van der Waals surface area contributed by atoms with Gasteiger partial charge in [-0.25, -0.2) is 0 Å². The molecule has 1 fully saturated rings. The Balaban J connectivity index is 1.91. The van der Waals surface area contributed by atoms with Gasteiger partial charge in [-0.3, -0.25) is 4.79 Å². The molecule has 1 aliphatic heterocycles. The van der Waals surface area contributed by atoms with Gasteiger partial charge in [0.15, 0.2) is 0 Å². The predicted molar refractivity (Wildman–Crippen MR) is 86.6 cm³/mol. The first kappa shape index (κ1) is 15.8. The van der Waals surface area contributed by atoms with Crippen molar-refractivity contribution in [2.24, 2.45) is 5.41 Å². The normalized spacial score (nSPS) is 16.9. The van der Waals surface area contributed by atoms with E-state index in [2.05, 4.69) is 31.0 Å². The van der Waals surface area contributed by atoms with E-state index < -0.39 is 0 Å².